The van der Waals surface area contributed by atoms with E-state index in [4.69, 9.17) is 4.43 Å². The molecule has 3 heteroatoms. The van der Waals surface area contributed by atoms with Crippen molar-refractivity contribution in [3.05, 3.63) is 11.8 Å². The van der Waals surface area contributed by atoms with Crippen LogP contribution in [0.1, 0.15) is 25.7 Å². The van der Waals surface area contributed by atoms with Crippen LogP contribution in [0.2, 0.25) is 19.6 Å². The van der Waals surface area contributed by atoms with Gasteiger partial charge in [0.1, 0.15) is 0 Å². The zero-order valence-electron chi connectivity index (χ0n) is 8.84. The van der Waals surface area contributed by atoms with Gasteiger partial charge >= 0.3 is 0 Å². The van der Waals surface area contributed by atoms with E-state index in [0.29, 0.717) is 0 Å². The number of hydrogen-bond acceptors (Lipinski definition) is 2. The fraction of sp³-hybridized carbons (Fsp3) is 0.800. The average Bonchev–Trinajstić information content (AvgIpc) is 2.01. The van der Waals surface area contributed by atoms with E-state index in [1.165, 1.54) is 6.42 Å². The normalized spacial score (nSPS) is 27.7. The summed E-state index contributed by atoms with van der Waals surface area (Å²) in [4.78, 5) is 0. The molecule has 1 N–H and O–H groups in total. The van der Waals surface area contributed by atoms with Gasteiger partial charge in [0, 0.05) is 0 Å². The molecule has 0 aliphatic heterocycles. The molecular weight excluding hydrogens is 180 g/mol. The molecule has 1 aliphatic carbocycles. The molecule has 0 aromatic rings. The van der Waals surface area contributed by atoms with Crippen molar-refractivity contribution in [1.82, 2.24) is 0 Å². The molecule has 0 amide bonds. The van der Waals surface area contributed by atoms with E-state index in [2.05, 4.69) is 19.6 Å². The second kappa shape index (κ2) is 4.29. The average molecular weight is 200 g/mol. The molecule has 1 saturated carbocycles. The quantitative estimate of drug-likeness (QED) is 0.548. The molecule has 1 fully saturated rings. The summed E-state index contributed by atoms with van der Waals surface area (Å²) >= 11 is 0. The third kappa shape index (κ3) is 3.96. The third-order valence-corrected chi connectivity index (χ3v) is 3.01. The van der Waals surface area contributed by atoms with Gasteiger partial charge in [0.2, 0.25) is 8.32 Å². The maximum atomic E-state index is 9.63. The van der Waals surface area contributed by atoms with Crippen LogP contribution in [0.15, 0.2) is 11.8 Å². The van der Waals surface area contributed by atoms with Crippen molar-refractivity contribution in [3.8, 4) is 0 Å². The highest BCUT2D eigenvalue weighted by molar-refractivity contribution is 6.69. The summed E-state index contributed by atoms with van der Waals surface area (Å²) in [5.41, 5.74) is 1.09. The van der Waals surface area contributed by atoms with E-state index < -0.39 is 8.32 Å². The van der Waals surface area contributed by atoms with Crippen LogP contribution in [0.25, 0.3) is 0 Å². The molecule has 0 spiro atoms. The van der Waals surface area contributed by atoms with Crippen LogP contribution in [0.5, 0.6) is 0 Å². The lowest BCUT2D eigenvalue weighted by Gasteiger charge is -2.23. The molecule has 1 unspecified atom stereocenters. The molecule has 0 aromatic carbocycles. The lowest BCUT2D eigenvalue weighted by molar-refractivity contribution is 0.174. The molecule has 0 aromatic heterocycles. The molecule has 0 saturated heterocycles. The lowest BCUT2D eigenvalue weighted by atomic mass is 9.93. The van der Waals surface area contributed by atoms with Crippen LogP contribution < -0.4 is 0 Å². The first kappa shape index (κ1) is 10.8. The van der Waals surface area contributed by atoms with Gasteiger partial charge in [0.25, 0.3) is 0 Å². The summed E-state index contributed by atoms with van der Waals surface area (Å²) in [5, 5.41) is 9.63. The zero-order valence-corrected chi connectivity index (χ0v) is 9.84. The largest absolute Gasteiger partial charge is 0.550 e. The standard InChI is InChI=1S/C10H20O2Si/c1-13(2,3)12-8-9-6-4-5-7-10(9)11/h8,10-11H,4-7H2,1-3H3. The number of aliphatic hydroxyl groups is 1. The van der Waals surface area contributed by atoms with Crippen molar-refractivity contribution >= 4 is 8.32 Å². The Balaban J connectivity index is 2.49. The van der Waals surface area contributed by atoms with Gasteiger partial charge in [0.15, 0.2) is 0 Å². The van der Waals surface area contributed by atoms with Crippen LogP contribution in [0, 0.1) is 0 Å². The van der Waals surface area contributed by atoms with Gasteiger partial charge in [-0.05, 0) is 44.5 Å². The maximum absolute atomic E-state index is 9.63. The van der Waals surface area contributed by atoms with E-state index >= 15 is 0 Å². The van der Waals surface area contributed by atoms with Gasteiger partial charge in [-0.2, -0.15) is 0 Å². The Morgan fingerprint density at radius 1 is 1.38 bits per heavy atom. The molecule has 1 atom stereocenters. The Hall–Kier alpha value is -0.283. The van der Waals surface area contributed by atoms with Crippen LogP contribution >= 0.6 is 0 Å². The second-order valence-corrected chi connectivity index (χ2v) is 9.15. The predicted molar refractivity (Wildman–Crippen MR) is 57.0 cm³/mol. The van der Waals surface area contributed by atoms with E-state index in [1.54, 1.807) is 0 Å². The summed E-state index contributed by atoms with van der Waals surface area (Å²) in [7, 11) is -1.46. The van der Waals surface area contributed by atoms with Gasteiger partial charge < -0.3 is 9.53 Å². The molecule has 2 nitrogen and oxygen atoms in total. The van der Waals surface area contributed by atoms with Crippen LogP contribution in [-0.2, 0) is 4.43 Å². The molecule has 76 valence electrons. The smallest absolute Gasteiger partial charge is 0.241 e. The van der Waals surface area contributed by atoms with Crippen LogP contribution in [-0.4, -0.2) is 19.5 Å². The molecule has 1 aliphatic rings. The number of hydrogen-bond donors (Lipinski definition) is 1. The van der Waals surface area contributed by atoms with Crippen molar-refractivity contribution in [2.24, 2.45) is 0 Å². The molecule has 0 heterocycles. The highest BCUT2D eigenvalue weighted by Crippen LogP contribution is 2.24. The topological polar surface area (TPSA) is 29.5 Å². The van der Waals surface area contributed by atoms with Crippen molar-refractivity contribution in [3.63, 3.8) is 0 Å². The fourth-order valence-corrected chi connectivity index (χ4v) is 1.91. The summed E-state index contributed by atoms with van der Waals surface area (Å²) in [5.74, 6) is 0. The second-order valence-electron chi connectivity index (χ2n) is 4.68. The molecule has 1 rings (SSSR count). The highest BCUT2D eigenvalue weighted by Gasteiger charge is 2.19. The fourth-order valence-electron chi connectivity index (χ4n) is 1.41. The minimum Gasteiger partial charge on any atom is -0.550 e. The summed E-state index contributed by atoms with van der Waals surface area (Å²) in [6.45, 7) is 6.46. The van der Waals surface area contributed by atoms with Crippen LogP contribution in [0.4, 0.5) is 0 Å². The first-order valence-electron chi connectivity index (χ1n) is 5.04. The Labute approximate surface area is 81.7 Å². The first-order valence-corrected chi connectivity index (χ1v) is 8.45. The van der Waals surface area contributed by atoms with Crippen molar-refractivity contribution in [1.29, 1.82) is 0 Å². The first-order chi connectivity index (χ1) is 5.99. The Morgan fingerprint density at radius 3 is 2.62 bits per heavy atom. The minimum atomic E-state index is -1.46. The third-order valence-electron chi connectivity index (χ3n) is 2.18. The molecule has 0 bridgehead atoms. The van der Waals surface area contributed by atoms with E-state index in [-0.39, 0.29) is 6.10 Å². The Kier molecular flexibility index (Phi) is 3.56. The van der Waals surface area contributed by atoms with Gasteiger partial charge in [0.05, 0.1) is 12.4 Å². The highest BCUT2D eigenvalue weighted by atomic mass is 28.4. The van der Waals surface area contributed by atoms with Crippen LogP contribution in [0.3, 0.4) is 0 Å². The minimum absolute atomic E-state index is 0.245. The van der Waals surface area contributed by atoms with E-state index in [9.17, 15) is 5.11 Å². The molecule has 0 radical (unpaired) electrons. The molecular formula is C10H20O2Si. The van der Waals surface area contributed by atoms with Gasteiger partial charge in [-0.3, -0.25) is 0 Å². The van der Waals surface area contributed by atoms with Crippen molar-refractivity contribution in [2.75, 3.05) is 0 Å². The monoisotopic (exact) mass is 200 g/mol. The summed E-state index contributed by atoms with van der Waals surface area (Å²) < 4.78 is 5.66. The Bertz CT molecular complexity index is 194. The molecule has 13 heavy (non-hydrogen) atoms. The summed E-state index contributed by atoms with van der Waals surface area (Å²) in [6.07, 6.45) is 5.82. The van der Waals surface area contributed by atoms with E-state index in [0.717, 1.165) is 24.8 Å². The van der Waals surface area contributed by atoms with Gasteiger partial charge in [-0.25, -0.2) is 0 Å². The van der Waals surface area contributed by atoms with E-state index in [1.807, 2.05) is 6.26 Å². The zero-order chi connectivity index (χ0) is 9.90. The number of rotatable bonds is 2. The predicted octanol–water partition coefficient (Wildman–Crippen LogP) is 2.66. The van der Waals surface area contributed by atoms with Crippen molar-refractivity contribution < 1.29 is 9.53 Å². The SMILES string of the molecule is C[Si](C)(C)OC=C1CCCCC1O. The van der Waals surface area contributed by atoms with Crippen molar-refractivity contribution in [2.45, 2.75) is 51.4 Å². The summed E-state index contributed by atoms with van der Waals surface area (Å²) in [6, 6.07) is 0. The van der Waals surface area contributed by atoms with Gasteiger partial charge in [-0.15, -0.1) is 0 Å². The number of aliphatic hydroxyl groups excluding tert-OH is 1. The lowest BCUT2D eigenvalue weighted by Crippen LogP contribution is -2.24. The Morgan fingerprint density at radius 2 is 2.08 bits per heavy atom. The van der Waals surface area contributed by atoms with Gasteiger partial charge in [-0.1, -0.05) is 6.42 Å². The maximum Gasteiger partial charge on any atom is 0.241 e.